The molecule has 1 aliphatic heterocycles. The Kier molecular flexibility index (Phi) is 11.3. The summed E-state index contributed by atoms with van der Waals surface area (Å²) in [7, 11) is -0.408. The lowest BCUT2D eigenvalue weighted by molar-refractivity contribution is -0.320. The number of benzene rings is 3. The number of rotatable bonds is 13. The molecule has 0 N–H and O–H groups in total. The predicted octanol–water partition coefficient (Wildman–Crippen LogP) is 7.14. The minimum Gasteiger partial charge on any atom is -0.414 e. The third kappa shape index (κ3) is 8.81. The van der Waals surface area contributed by atoms with Crippen LogP contribution in [0, 0.1) is 0 Å². The van der Waals surface area contributed by atoms with Gasteiger partial charge in [0.2, 0.25) is 0 Å². The summed E-state index contributed by atoms with van der Waals surface area (Å²) >= 11 is 0. The molecule has 1 fully saturated rings. The average Bonchev–Trinajstić information content (AvgIpc) is 2.98. The molecular weight excluding hydrogens is 532 g/mol. The van der Waals surface area contributed by atoms with Crippen molar-refractivity contribution in [1.29, 1.82) is 0 Å². The number of ether oxygens (including phenoxy) is 5. The highest BCUT2D eigenvalue weighted by Crippen LogP contribution is 2.38. The van der Waals surface area contributed by atoms with Gasteiger partial charge in [0.25, 0.3) is 0 Å². The Bertz CT molecular complexity index is 1150. The molecule has 3 unspecified atom stereocenters. The molecule has 0 radical (unpaired) electrons. The van der Waals surface area contributed by atoms with Gasteiger partial charge in [-0.15, -0.1) is 0 Å². The molecule has 222 valence electrons. The Morgan fingerprint density at radius 3 is 1.46 bits per heavy atom. The van der Waals surface area contributed by atoms with Crippen LogP contribution in [-0.4, -0.2) is 52.7 Å². The van der Waals surface area contributed by atoms with E-state index in [1.807, 2.05) is 66.7 Å². The maximum absolute atomic E-state index is 6.68. The number of hydrogen-bond acceptors (Lipinski definition) is 6. The first-order chi connectivity index (χ1) is 19.7. The van der Waals surface area contributed by atoms with E-state index in [2.05, 4.69) is 58.1 Å². The van der Waals surface area contributed by atoms with Crippen LogP contribution in [0.2, 0.25) is 18.1 Å². The van der Waals surface area contributed by atoms with Crippen LogP contribution in [0.1, 0.15) is 37.5 Å². The van der Waals surface area contributed by atoms with Crippen molar-refractivity contribution in [2.75, 3.05) is 13.7 Å². The average molecular weight is 579 g/mol. The van der Waals surface area contributed by atoms with Gasteiger partial charge in [-0.25, -0.2) is 0 Å². The summed E-state index contributed by atoms with van der Waals surface area (Å²) in [5, 5.41) is 0.0628. The van der Waals surface area contributed by atoms with Gasteiger partial charge in [0.1, 0.15) is 24.4 Å². The molecule has 1 heterocycles. The Morgan fingerprint density at radius 2 is 1.05 bits per heavy atom. The molecular formula is C34H46O6Si. The molecule has 7 heteroatoms. The van der Waals surface area contributed by atoms with Crippen LogP contribution in [-0.2, 0) is 47.9 Å². The smallest absolute Gasteiger partial charge is 0.192 e. The third-order valence-corrected chi connectivity index (χ3v) is 12.6. The van der Waals surface area contributed by atoms with Gasteiger partial charge in [-0.1, -0.05) is 112 Å². The highest BCUT2D eigenvalue weighted by Gasteiger charge is 2.49. The van der Waals surface area contributed by atoms with Crippen molar-refractivity contribution in [2.45, 2.75) is 89.4 Å². The van der Waals surface area contributed by atoms with Gasteiger partial charge >= 0.3 is 0 Å². The lowest BCUT2D eigenvalue weighted by Gasteiger charge is -2.46. The highest BCUT2D eigenvalue weighted by atomic mass is 28.4. The first-order valence-electron chi connectivity index (χ1n) is 14.5. The summed E-state index contributed by atoms with van der Waals surface area (Å²) < 4.78 is 39.0. The molecule has 0 bridgehead atoms. The van der Waals surface area contributed by atoms with E-state index in [1.54, 1.807) is 7.11 Å². The lowest BCUT2D eigenvalue weighted by Crippen LogP contribution is -2.62. The van der Waals surface area contributed by atoms with Crippen LogP contribution in [0.25, 0.3) is 0 Å². The second-order valence-corrected chi connectivity index (χ2v) is 16.9. The van der Waals surface area contributed by atoms with Crippen LogP contribution < -0.4 is 0 Å². The van der Waals surface area contributed by atoms with E-state index in [-0.39, 0.29) is 5.04 Å². The molecule has 5 atom stereocenters. The fourth-order valence-corrected chi connectivity index (χ4v) is 5.59. The van der Waals surface area contributed by atoms with Crippen molar-refractivity contribution in [2.24, 2.45) is 0 Å². The van der Waals surface area contributed by atoms with Crippen LogP contribution in [0.4, 0.5) is 0 Å². The monoisotopic (exact) mass is 578 g/mol. The number of methoxy groups -OCH3 is 1. The van der Waals surface area contributed by atoms with Gasteiger partial charge in [-0.3, -0.25) is 0 Å². The maximum Gasteiger partial charge on any atom is 0.192 e. The minimum absolute atomic E-state index is 0.0628. The van der Waals surface area contributed by atoms with Crippen molar-refractivity contribution < 1.29 is 28.1 Å². The predicted molar refractivity (Wildman–Crippen MR) is 164 cm³/mol. The van der Waals surface area contributed by atoms with Crippen LogP contribution in [0.3, 0.4) is 0 Å². The van der Waals surface area contributed by atoms with Gasteiger partial charge in [-0.05, 0) is 34.8 Å². The second kappa shape index (κ2) is 14.7. The first kappa shape index (κ1) is 31.6. The van der Waals surface area contributed by atoms with Crippen LogP contribution in [0.5, 0.6) is 0 Å². The van der Waals surface area contributed by atoms with Crippen LogP contribution in [0.15, 0.2) is 91.0 Å². The normalized spacial score (nSPS) is 23.4. The Hall–Kier alpha value is -2.36. The van der Waals surface area contributed by atoms with Crippen molar-refractivity contribution in [3.8, 4) is 0 Å². The maximum atomic E-state index is 6.68. The fraction of sp³-hybridized carbons (Fsp3) is 0.471. The van der Waals surface area contributed by atoms with E-state index in [9.17, 15) is 0 Å². The highest BCUT2D eigenvalue weighted by molar-refractivity contribution is 6.74. The molecule has 0 spiro atoms. The molecule has 6 nitrogen and oxygen atoms in total. The fourth-order valence-electron chi connectivity index (χ4n) is 4.58. The lowest BCUT2D eigenvalue weighted by atomic mass is 9.98. The zero-order valence-corrected chi connectivity index (χ0v) is 26.3. The molecule has 3 aromatic rings. The molecule has 3 aromatic carbocycles. The molecule has 0 amide bonds. The van der Waals surface area contributed by atoms with E-state index >= 15 is 0 Å². The molecule has 0 saturated carbocycles. The molecule has 1 aliphatic rings. The standard InChI is InChI=1S/C34H46O6Si/c1-34(2,3)41(5,6)39-25-29-30(36-22-26-16-10-7-11-17-26)31(37-23-27-18-12-8-13-19-27)32(33(35-4)40-29)38-24-28-20-14-9-15-21-28/h7-21,29-33H,22-25H2,1-6H3/t29?,30-,31?,32?,33+/m1/s1. The zero-order valence-electron chi connectivity index (χ0n) is 25.3. The first-order valence-corrected chi connectivity index (χ1v) is 17.4. The largest absolute Gasteiger partial charge is 0.414 e. The van der Waals surface area contributed by atoms with Crippen molar-refractivity contribution in [1.82, 2.24) is 0 Å². The third-order valence-electron chi connectivity index (χ3n) is 8.09. The molecule has 0 aliphatic carbocycles. The quantitative estimate of drug-likeness (QED) is 0.201. The van der Waals surface area contributed by atoms with E-state index in [4.69, 9.17) is 28.1 Å². The minimum atomic E-state index is -2.06. The summed E-state index contributed by atoms with van der Waals surface area (Å²) in [6, 6.07) is 30.4. The van der Waals surface area contributed by atoms with Crippen molar-refractivity contribution in [3.05, 3.63) is 108 Å². The van der Waals surface area contributed by atoms with Gasteiger partial charge in [-0.2, -0.15) is 0 Å². The van der Waals surface area contributed by atoms with Crippen molar-refractivity contribution in [3.63, 3.8) is 0 Å². The SMILES string of the molecule is CO[C@H]1OC(CO[Si](C)(C)C(C)(C)C)[C@@H](OCc2ccccc2)C(OCc2ccccc2)C1OCc1ccccc1. The summed E-state index contributed by atoms with van der Waals surface area (Å²) in [6.45, 7) is 12.8. The zero-order chi connectivity index (χ0) is 29.3. The summed E-state index contributed by atoms with van der Waals surface area (Å²) in [5.41, 5.74) is 3.22. The van der Waals surface area contributed by atoms with E-state index in [0.29, 0.717) is 26.4 Å². The molecule has 41 heavy (non-hydrogen) atoms. The Morgan fingerprint density at radius 1 is 0.634 bits per heavy atom. The topological polar surface area (TPSA) is 55.4 Å². The Labute approximate surface area is 247 Å². The van der Waals surface area contributed by atoms with E-state index in [1.165, 1.54) is 0 Å². The van der Waals surface area contributed by atoms with Crippen molar-refractivity contribution >= 4 is 8.32 Å². The Balaban J connectivity index is 1.63. The van der Waals surface area contributed by atoms with E-state index in [0.717, 1.165) is 16.7 Å². The van der Waals surface area contributed by atoms with Gasteiger partial charge in [0, 0.05) is 7.11 Å². The molecule has 1 saturated heterocycles. The summed E-state index contributed by atoms with van der Waals surface area (Å²) in [4.78, 5) is 0. The van der Waals surface area contributed by atoms with Gasteiger partial charge in [0.15, 0.2) is 14.6 Å². The van der Waals surface area contributed by atoms with Crippen LogP contribution >= 0.6 is 0 Å². The van der Waals surface area contributed by atoms with Gasteiger partial charge < -0.3 is 28.1 Å². The van der Waals surface area contributed by atoms with E-state index < -0.39 is 39.0 Å². The second-order valence-electron chi connectivity index (χ2n) is 12.1. The molecule has 0 aromatic heterocycles. The summed E-state index contributed by atoms with van der Waals surface area (Å²) in [6.07, 6.45) is -2.49. The van der Waals surface area contributed by atoms with Gasteiger partial charge in [0.05, 0.1) is 26.4 Å². The number of hydrogen-bond donors (Lipinski definition) is 0. The summed E-state index contributed by atoms with van der Waals surface area (Å²) in [5.74, 6) is 0. The molecule has 4 rings (SSSR count).